The van der Waals surface area contributed by atoms with Gasteiger partial charge in [0.1, 0.15) is 0 Å². The van der Waals surface area contributed by atoms with E-state index in [4.69, 9.17) is 0 Å². The van der Waals surface area contributed by atoms with Crippen molar-refractivity contribution in [3.05, 3.63) is 21.7 Å². The van der Waals surface area contributed by atoms with Crippen LogP contribution in [0.5, 0.6) is 0 Å². The molecule has 1 aromatic rings. The molecule has 0 unspecified atom stereocenters. The Bertz CT molecular complexity index is 310. The Morgan fingerprint density at radius 1 is 1.50 bits per heavy atom. The van der Waals surface area contributed by atoms with Crippen molar-refractivity contribution in [3.8, 4) is 0 Å². The fraction of sp³-hybridized carbons (Fsp3) is 0.500. The van der Waals surface area contributed by atoms with Gasteiger partial charge in [0.15, 0.2) is 0 Å². The standard InChI is InChI=1S/C10H13NS/c1-7(2)10-11-8-5-3-4-6-9(8)12-10/h4,6-7H,3,5H2,1-2H3. The highest BCUT2D eigenvalue weighted by Crippen LogP contribution is 2.29. The molecule has 64 valence electrons. The van der Waals surface area contributed by atoms with Gasteiger partial charge in [-0.15, -0.1) is 11.3 Å². The predicted octanol–water partition coefficient (Wildman–Crippen LogP) is 3.23. The Labute approximate surface area is 77.2 Å². The maximum Gasteiger partial charge on any atom is 0.0959 e. The first kappa shape index (κ1) is 7.99. The number of hydrogen-bond acceptors (Lipinski definition) is 2. The second kappa shape index (κ2) is 3.02. The highest BCUT2D eigenvalue weighted by atomic mass is 32.1. The molecule has 2 rings (SSSR count). The topological polar surface area (TPSA) is 12.9 Å². The Kier molecular flexibility index (Phi) is 2.01. The predicted molar refractivity (Wildman–Crippen MR) is 53.6 cm³/mol. The largest absolute Gasteiger partial charge is 0.245 e. The molecule has 0 spiro atoms. The van der Waals surface area contributed by atoms with E-state index in [1.165, 1.54) is 15.6 Å². The number of nitrogens with zero attached hydrogens (tertiary/aromatic N) is 1. The summed E-state index contributed by atoms with van der Waals surface area (Å²) in [5, 5.41) is 1.28. The van der Waals surface area contributed by atoms with Crippen LogP contribution < -0.4 is 0 Å². The first-order valence-corrected chi connectivity index (χ1v) is 5.25. The van der Waals surface area contributed by atoms with Gasteiger partial charge in [0.2, 0.25) is 0 Å². The molecule has 1 aliphatic rings. The molecule has 2 heteroatoms. The van der Waals surface area contributed by atoms with Crippen molar-refractivity contribution >= 4 is 17.4 Å². The molecule has 0 aliphatic heterocycles. The first-order chi connectivity index (χ1) is 5.77. The third-order valence-electron chi connectivity index (χ3n) is 2.06. The fourth-order valence-corrected chi connectivity index (χ4v) is 2.40. The molecule has 12 heavy (non-hydrogen) atoms. The van der Waals surface area contributed by atoms with E-state index >= 15 is 0 Å². The van der Waals surface area contributed by atoms with Gasteiger partial charge in [0, 0.05) is 5.92 Å². The van der Waals surface area contributed by atoms with Gasteiger partial charge < -0.3 is 0 Å². The van der Waals surface area contributed by atoms with Gasteiger partial charge in [-0.05, 0) is 18.9 Å². The van der Waals surface area contributed by atoms with Crippen LogP contribution in [-0.4, -0.2) is 4.98 Å². The molecule has 0 bridgehead atoms. The summed E-state index contributed by atoms with van der Waals surface area (Å²) in [6.45, 7) is 4.40. The summed E-state index contributed by atoms with van der Waals surface area (Å²) in [5.74, 6) is 0.578. The molecule has 1 nitrogen and oxygen atoms in total. The summed E-state index contributed by atoms with van der Waals surface area (Å²) in [6.07, 6.45) is 6.75. The number of allylic oxidation sites excluding steroid dienone is 1. The molecule has 0 saturated carbocycles. The summed E-state index contributed by atoms with van der Waals surface area (Å²) in [4.78, 5) is 6.00. The second-order valence-corrected chi connectivity index (χ2v) is 4.52. The summed E-state index contributed by atoms with van der Waals surface area (Å²) >= 11 is 1.85. The molecular weight excluding hydrogens is 166 g/mol. The Balaban J connectivity index is 2.39. The molecule has 0 atom stereocenters. The molecular formula is C10H13NS. The Morgan fingerprint density at radius 3 is 3.00 bits per heavy atom. The summed E-state index contributed by atoms with van der Waals surface area (Å²) in [5.41, 5.74) is 1.31. The molecule has 0 saturated heterocycles. The van der Waals surface area contributed by atoms with Gasteiger partial charge in [-0.3, -0.25) is 0 Å². The smallest absolute Gasteiger partial charge is 0.0959 e. The third kappa shape index (κ3) is 1.31. The van der Waals surface area contributed by atoms with Crippen molar-refractivity contribution in [3.63, 3.8) is 0 Å². The van der Waals surface area contributed by atoms with E-state index in [1.54, 1.807) is 0 Å². The van der Waals surface area contributed by atoms with Crippen LogP contribution in [0.1, 0.15) is 41.8 Å². The van der Waals surface area contributed by atoms with Crippen LogP contribution in [0.25, 0.3) is 6.08 Å². The van der Waals surface area contributed by atoms with Gasteiger partial charge >= 0.3 is 0 Å². The zero-order valence-corrected chi connectivity index (χ0v) is 8.32. The normalized spacial score (nSPS) is 15.2. The highest BCUT2D eigenvalue weighted by Gasteiger charge is 2.12. The Hall–Kier alpha value is -0.630. The van der Waals surface area contributed by atoms with Gasteiger partial charge in [0.25, 0.3) is 0 Å². The van der Waals surface area contributed by atoms with E-state index in [-0.39, 0.29) is 0 Å². The van der Waals surface area contributed by atoms with Crippen LogP contribution >= 0.6 is 11.3 Å². The lowest BCUT2D eigenvalue weighted by Gasteiger charge is -1.99. The average molecular weight is 179 g/mol. The van der Waals surface area contributed by atoms with Crippen molar-refractivity contribution in [2.75, 3.05) is 0 Å². The molecule has 1 heterocycles. The maximum atomic E-state index is 4.62. The fourth-order valence-electron chi connectivity index (χ4n) is 1.35. The van der Waals surface area contributed by atoms with Crippen LogP contribution in [0, 0.1) is 0 Å². The molecule has 0 aromatic carbocycles. The van der Waals surface area contributed by atoms with Gasteiger partial charge in [-0.25, -0.2) is 4.98 Å². The first-order valence-electron chi connectivity index (χ1n) is 4.43. The van der Waals surface area contributed by atoms with Gasteiger partial charge in [-0.2, -0.15) is 0 Å². The Morgan fingerprint density at radius 2 is 2.33 bits per heavy atom. The SMILES string of the molecule is CC(C)c1nc2c(s1)C=CCC2. The van der Waals surface area contributed by atoms with Crippen molar-refractivity contribution in [2.24, 2.45) is 0 Å². The van der Waals surface area contributed by atoms with Crippen molar-refractivity contribution < 1.29 is 0 Å². The lowest BCUT2D eigenvalue weighted by atomic mass is 10.1. The van der Waals surface area contributed by atoms with Crippen molar-refractivity contribution in [1.82, 2.24) is 4.98 Å². The van der Waals surface area contributed by atoms with Crippen molar-refractivity contribution in [2.45, 2.75) is 32.6 Å². The minimum Gasteiger partial charge on any atom is -0.245 e. The highest BCUT2D eigenvalue weighted by molar-refractivity contribution is 7.12. The molecule has 0 radical (unpaired) electrons. The molecule has 0 N–H and O–H groups in total. The van der Waals surface area contributed by atoms with Gasteiger partial charge in [-0.1, -0.05) is 19.9 Å². The summed E-state index contributed by atoms with van der Waals surface area (Å²) in [7, 11) is 0. The second-order valence-electron chi connectivity index (χ2n) is 3.46. The lowest BCUT2D eigenvalue weighted by molar-refractivity contribution is 0.831. The quantitative estimate of drug-likeness (QED) is 0.645. The zero-order chi connectivity index (χ0) is 8.55. The van der Waals surface area contributed by atoms with Crippen LogP contribution in [0.4, 0.5) is 0 Å². The lowest BCUT2D eigenvalue weighted by Crippen LogP contribution is -1.92. The minimum absolute atomic E-state index is 0.578. The number of aryl methyl sites for hydroxylation is 1. The number of fused-ring (bicyclic) bond motifs is 1. The van der Waals surface area contributed by atoms with Crippen LogP contribution in [0.2, 0.25) is 0 Å². The van der Waals surface area contributed by atoms with Crippen LogP contribution in [-0.2, 0) is 6.42 Å². The maximum absolute atomic E-state index is 4.62. The molecule has 1 aliphatic carbocycles. The minimum atomic E-state index is 0.578. The van der Waals surface area contributed by atoms with E-state index in [0.717, 1.165) is 12.8 Å². The number of thiazole rings is 1. The van der Waals surface area contributed by atoms with Crippen LogP contribution in [0.15, 0.2) is 6.08 Å². The third-order valence-corrected chi connectivity index (χ3v) is 3.42. The monoisotopic (exact) mass is 179 g/mol. The molecule has 0 fully saturated rings. The van der Waals surface area contributed by atoms with E-state index < -0.39 is 0 Å². The van der Waals surface area contributed by atoms with E-state index in [9.17, 15) is 0 Å². The van der Waals surface area contributed by atoms with Crippen molar-refractivity contribution in [1.29, 1.82) is 0 Å². The van der Waals surface area contributed by atoms with E-state index in [2.05, 4.69) is 31.0 Å². The molecule has 1 aromatic heterocycles. The summed E-state index contributed by atoms with van der Waals surface area (Å²) in [6, 6.07) is 0. The average Bonchev–Trinajstić information content (AvgIpc) is 2.46. The zero-order valence-electron chi connectivity index (χ0n) is 7.50. The summed E-state index contributed by atoms with van der Waals surface area (Å²) < 4.78 is 0. The van der Waals surface area contributed by atoms with Gasteiger partial charge in [0.05, 0.1) is 15.6 Å². The van der Waals surface area contributed by atoms with Crippen LogP contribution in [0.3, 0.4) is 0 Å². The van der Waals surface area contributed by atoms with E-state index in [1.807, 2.05) is 11.3 Å². The number of aromatic nitrogens is 1. The van der Waals surface area contributed by atoms with E-state index in [0.29, 0.717) is 5.92 Å². The molecule has 0 amide bonds. The number of rotatable bonds is 1. The number of hydrogen-bond donors (Lipinski definition) is 0.